The molecule has 6 nitrogen and oxygen atoms in total. The lowest BCUT2D eigenvalue weighted by molar-refractivity contribution is -0.132. The molecule has 6 heteroatoms. The van der Waals surface area contributed by atoms with Crippen LogP contribution in [0.2, 0.25) is 0 Å². The lowest BCUT2D eigenvalue weighted by atomic mass is 10.00. The molecule has 0 aliphatic heterocycles. The molecule has 5 N–H and O–H groups in total. The molecule has 0 fully saturated rings. The lowest BCUT2D eigenvalue weighted by Crippen LogP contribution is -2.53. The standard InChI is InChI=1S/C47H93NO5/c1-3-5-7-9-11-13-14-15-16-17-18-19-20-21-22-23-24-25-26-27-28-29-30-31-32-33-35-36-38-40-44(50)46(52)43(42-49)48-47(53)45(51)41-39-37-34-12-10-8-6-4-2/h33,35,43-46,49-52H,3-32,34,36-42H2,1-2H3,(H,48,53)/b35-33+. The molecular weight excluding hydrogens is 659 g/mol. The Bertz CT molecular complexity index is 761. The molecule has 0 aromatic carbocycles. The van der Waals surface area contributed by atoms with Gasteiger partial charge in [0, 0.05) is 0 Å². The van der Waals surface area contributed by atoms with Gasteiger partial charge in [-0.25, -0.2) is 0 Å². The quantitative estimate of drug-likeness (QED) is 0.0315. The Morgan fingerprint density at radius 3 is 1.13 bits per heavy atom. The summed E-state index contributed by atoms with van der Waals surface area (Å²) in [5, 5.41) is 43.4. The summed E-state index contributed by atoms with van der Waals surface area (Å²) < 4.78 is 0. The number of hydrogen-bond donors (Lipinski definition) is 5. The fourth-order valence-corrected chi connectivity index (χ4v) is 7.46. The maximum Gasteiger partial charge on any atom is 0.249 e. The van der Waals surface area contributed by atoms with Gasteiger partial charge in [-0.15, -0.1) is 0 Å². The van der Waals surface area contributed by atoms with Crippen LogP contribution in [0.4, 0.5) is 0 Å². The number of amides is 1. The van der Waals surface area contributed by atoms with E-state index >= 15 is 0 Å². The van der Waals surface area contributed by atoms with E-state index in [-0.39, 0.29) is 0 Å². The molecule has 4 unspecified atom stereocenters. The van der Waals surface area contributed by atoms with Crippen molar-refractivity contribution >= 4 is 5.91 Å². The molecule has 316 valence electrons. The van der Waals surface area contributed by atoms with Gasteiger partial charge in [-0.2, -0.15) is 0 Å². The van der Waals surface area contributed by atoms with E-state index in [1.54, 1.807) is 0 Å². The molecule has 0 aliphatic rings. The summed E-state index contributed by atoms with van der Waals surface area (Å²) in [5.74, 6) is -0.595. The Labute approximate surface area is 330 Å². The Hall–Kier alpha value is -0.950. The van der Waals surface area contributed by atoms with E-state index < -0.39 is 36.9 Å². The van der Waals surface area contributed by atoms with Gasteiger partial charge in [0.1, 0.15) is 12.2 Å². The Kier molecular flexibility index (Phi) is 41.4. The second-order valence-electron chi connectivity index (χ2n) is 16.5. The first-order chi connectivity index (χ1) is 26.0. The molecule has 0 rings (SSSR count). The predicted molar refractivity (Wildman–Crippen MR) is 228 cm³/mol. The van der Waals surface area contributed by atoms with E-state index in [1.807, 2.05) is 0 Å². The number of aliphatic hydroxyl groups excluding tert-OH is 4. The van der Waals surface area contributed by atoms with Crippen molar-refractivity contribution < 1.29 is 25.2 Å². The Morgan fingerprint density at radius 2 is 0.774 bits per heavy atom. The fraction of sp³-hybridized carbons (Fsp3) is 0.936. The van der Waals surface area contributed by atoms with Crippen molar-refractivity contribution in [3.05, 3.63) is 12.2 Å². The van der Waals surface area contributed by atoms with E-state index in [1.165, 1.54) is 186 Å². The smallest absolute Gasteiger partial charge is 0.249 e. The molecule has 0 saturated carbocycles. The summed E-state index contributed by atoms with van der Waals surface area (Å²) in [6, 6.07) is -0.995. The van der Waals surface area contributed by atoms with Gasteiger partial charge in [0.25, 0.3) is 0 Å². The number of hydrogen-bond acceptors (Lipinski definition) is 5. The molecule has 0 spiro atoms. The highest BCUT2D eigenvalue weighted by atomic mass is 16.3. The highest BCUT2D eigenvalue weighted by molar-refractivity contribution is 5.80. The van der Waals surface area contributed by atoms with Crippen LogP contribution in [0.5, 0.6) is 0 Å². The minimum atomic E-state index is -1.28. The summed E-state index contributed by atoms with van der Waals surface area (Å²) in [4.78, 5) is 12.4. The van der Waals surface area contributed by atoms with Gasteiger partial charge in [-0.05, 0) is 38.5 Å². The largest absolute Gasteiger partial charge is 0.394 e. The monoisotopic (exact) mass is 752 g/mol. The van der Waals surface area contributed by atoms with Gasteiger partial charge in [0.05, 0.1) is 18.8 Å². The van der Waals surface area contributed by atoms with Crippen LogP contribution < -0.4 is 5.32 Å². The molecule has 0 aromatic heterocycles. The highest BCUT2D eigenvalue weighted by Gasteiger charge is 2.28. The molecule has 1 amide bonds. The zero-order valence-electron chi connectivity index (χ0n) is 35.5. The molecule has 4 atom stereocenters. The van der Waals surface area contributed by atoms with Gasteiger partial charge >= 0.3 is 0 Å². The van der Waals surface area contributed by atoms with Crippen LogP contribution in [0.25, 0.3) is 0 Å². The van der Waals surface area contributed by atoms with Gasteiger partial charge in [-0.1, -0.05) is 225 Å². The van der Waals surface area contributed by atoms with Crippen molar-refractivity contribution in [1.82, 2.24) is 5.32 Å². The zero-order chi connectivity index (χ0) is 38.9. The van der Waals surface area contributed by atoms with Gasteiger partial charge in [0.2, 0.25) is 5.91 Å². The minimum absolute atomic E-state index is 0.365. The maximum absolute atomic E-state index is 12.4. The normalized spacial score (nSPS) is 14.2. The Morgan fingerprint density at radius 1 is 0.453 bits per heavy atom. The molecule has 0 aliphatic carbocycles. The summed E-state index contributed by atoms with van der Waals surface area (Å²) in [6.45, 7) is 4.01. The SMILES string of the molecule is CCCCCCCCCCCCCCCCCCCCCCCCCC/C=C/CCCC(O)C(O)C(CO)NC(=O)C(O)CCCCCCCCCC. The van der Waals surface area contributed by atoms with Crippen molar-refractivity contribution in [3.63, 3.8) is 0 Å². The lowest BCUT2D eigenvalue weighted by Gasteiger charge is -2.27. The summed E-state index contributed by atoms with van der Waals surface area (Å²) in [6.07, 6.45) is 47.2. The summed E-state index contributed by atoms with van der Waals surface area (Å²) in [7, 11) is 0. The molecule has 0 heterocycles. The molecule has 0 aromatic rings. The van der Waals surface area contributed by atoms with Crippen molar-refractivity contribution in [2.75, 3.05) is 6.61 Å². The third-order valence-corrected chi connectivity index (χ3v) is 11.2. The van der Waals surface area contributed by atoms with Crippen LogP contribution >= 0.6 is 0 Å². The van der Waals surface area contributed by atoms with E-state index in [0.29, 0.717) is 12.8 Å². The van der Waals surface area contributed by atoms with Crippen molar-refractivity contribution in [2.24, 2.45) is 0 Å². The van der Waals surface area contributed by atoms with Crippen molar-refractivity contribution in [1.29, 1.82) is 0 Å². The van der Waals surface area contributed by atoms with Crippen molar-refractivity contribution in [3.8, 4) is 0 Å². The van der Waals surface area contributed by atoms with E-state index in [4.69, 9.17) is 0 Å². The van der Waals surface area contributed by atoms with E-state index in [0.717, 1.165) is 38.5 Å². The number of allylic oxidation sites excluding steroid dienone is 2. The predicted octanol–water partition coefficient (Wildman–Crippen LogP) is 12.6. The molecule has 53 heavy (non-hydrogen) atoms. The Balaban J connectivity index is 3.57. The minimum Gasteiger partial charge on any atom is -0.394 e. The van der Waals surface area contributed by atoms with Gasteiger partial charge in [0.15, 0.2) is 0 Å². The van der Waals surface area contributed by atoms with Crippen LogP contribution in [0.1, 0.15) is 251 Å². The van der Waals surface area contributed by atoms with Crippen LogP contribution in [0.3, 0.4) is 0 Å². The van der Waals surface area contributed by atoms with Crippen LogP contribution in [0, 0.1) is 0 Å². The average molecular weight is 752 g/mol. The number of carbonyl (C=O) groups is 1. The molecule has 0 saturated heterocycles. The topological polar surface area (TPSA) is 110 Å². The van der Waals surface area contributed by atoms with Crippen molar-refractivity contribution in [2.45, 2.75) is 276 Å². The first kappa shape index (κ1) is 52.0. The number of aliphatic hydroxyl groups is 4. The molecular formula is C47H93NO5. The number of nitrogens with one attached hydrogen (secondary N) is 1. The maximum atomic E-state index is 12.4. The van der Waals surface area contributed by atoms with Crippen LogP contribution in [-0.2, 0) is 4.79 Å². The van der Waals surface area contributed by atoms with E-state index in [9.17, 15) is 25.2 Å². The summed E-state index contributed by atoms with van der Waals surface area (Å²) in [5.41, 5.74) is 0. The zero-order valence-corrected chi connectivity index (χ0v) is 35.5. The summed E-state index contributed by atoms with van der Waals surface area (Å²) >= 11 is 0. The number of carbonyl (C=O) groups excluding carboxylic acids is 1. The second kappa shape index (κ2) is 42.2. The van der Waals surface area contributed by atoms with Crippen LogP contribution in [0.15, 0.2) is 12.2 Å². The third-order valence-electron chi connectivity index (χ3n) is 11.2. The van der Waals surface area contributed by atoms with Crippen LogP contribution in [-0.4, -0.2) is 57.3 Å². The number of unbranched alkanes of at least 4 members (excludes halogenated alkanes) is 32. The molecule has 0 radical (unpaired) electrons. The number of rotatable bonds is 43. The fourth-order valence-electron chi connectivity index (χ4n) is 7.46. The first-order valence-electron chi connectivity index (χ1n) is 23.6. The third kappa shape index (κ3) is 36.4. The molecule has 0 bridgehead atoms. The van der Waals surface area contributed by atoms with E-state index in [2.05, 4.69) is 31.3 Å². The van der Waals surface area contributed by atoms with Gasteiger partial charge < -0.3 is 25.7 Å². The second-order valence-corrected chi connectivity index (χ2v) is 16.5. The van der Waals surface area contributed by atoms with Gasteiger partial charge in [-0.3, -0.25) is 4.79 Å². The average Bonchev–Trinajstić information content (AvgIpc) is 3.16. The highest BCUT2D eigenvalue weighted by Crippen LogP contribution is 2.17. The first-order valence-corrected chi connectivity index (χ1v) is 23.6.